The monoisotopic (exact) mass is 264 g/mol. The summed E-state index contributed by atoms with van der Waals surface area (Å²) in [6.07, 6.45) is 2.61. The minimum atomic E-state index is -3.42. The first-order chi connectivity index (χ1) is 8.16. The van der Waals surface area contributed by atoms with Crippen molar-refractivity contribution in [1.82, 2.24) is 8.61 Å². The maximum Gasteiger partial charge on any atom is 0.282 e. The number of hydrogen-bond donors (Lipinski definition) is 1. The summed E-state index contributed by atoms with van der Waals surface area (Å²) < 4.78 is 32.9. The molecule has 0 bridgehead atoms. The Morgan fingerprint density at radius 1 is 1.18 bits per heavy atom. The number of aliphatic hydroxyl groups is 1. The molecule has 0 saturated carbocycles. The van der Waals surface area contributed by atoms with Crippen LogP contribution < -0.4 is 0 Å². The average Bonchev–Trinajstić information content (AvgIpc) is 2.39. The zero-order valence-electron chi connectivity index (χ0n) is 9.92. The average molecular weight is 264 g/mol. The molecule has 7 heteroatoms. The lowest BCUT2D eigenvalue weighted by Crippen LogP contribution is -2.54. The minimum Gasteiger partial charge on any atom is -0.395 e. The molecule has 0 amide bonds. The van der Waals surface area contributed by atoms with Crippen LogP contribution in [0.15, 0.2) is 0 Å². The Balaban J connectivity index is 2.11. The van der Waals surface area contributed by atoms with E-state index < -0.39 is 10.2 Å². The zero-order valence-corrected chi connectivity index (χ0v) is 10.7. The number of morpholine rings is 1. The van der Waals surface area contributed by atoms with Crippen molar-refractivity contribution in [1.29, 1.82) is 0 Å². The lowest BCUT2D eigenvalue weighted by Gasteiger charge is -2.38. The van der Waals surface area contributed by atoms with Crippen LogP contribution in [0, 0.1) is 0 Å². The second-order valence-electron chi connectivity index (χ2n) is 4.46. The number of nitrogens with zero attached hydrogens (tertiary/aromatic N) is 2. The molecule has 1 unspecified atom stereocenters. The zero-order chi connectivity index (χ0) is 12.3. The molecule has 2 rings (SSSR count). The van der Waals surface area contributed by atoms with Gasteiger partial charge in [-0.05, 0) is 12.8 Å². The van der Waals surface area contributed by atoms with Crippen LogP contribution in [0.5, 0.6) is 0 Å². The summed E-state index contributed by atoms with van der Waals surface area (Å²) >= 11 is 0. The molecule has 100 valence electrons. The fourth-order valence-electron chi connectivity index (χ4n) is 2.39. The van der Waals surface area contributed by atoms with Gasteiger partial charge in [0.25, 0.3) is 10.2 Å². The maximum absolute atomic E-state index is 12.4. The topological polar surface area (TPSA) is 70.1 Å². The number of ether oxygens (including phenoxy) is 1. The van der Waals surface area contributed by atoms with E-state index in [4.69, 9.17) is 4.74 Å². The summed E-state index contributed by atoms with van der Waals surface area (Å²) in [6.45, 7) is 2.16. The van der Waals surface area contributed by atoms with Gasteiger partial charge in [-0.25, -0.2) is 0 Å². The fourth-order valence-corrected chi connectivity index (χ4v) is 4.20. The van der Waals surface area contributed by atoms with E-state index >= 15 is 0 Å². The molecular formula is C10H20N2O4S. The first kappa shape index (κ1) is 13.2. The van der Waals surface area contributed by atoms with Gasteiger partial charge in [0.1, 0.15) is 0 Å². The Labute approximate surface area is 102 Å². The SMILES string of the molecule is O=S(=O)(N1CCOCC1)N1CCCCC1CO. The minimum absolute atomic E-state index is 0.0937. The fraction of sp³-hybridized carbons (Fsp3) is 1.00. The summed E-state index contributed by atoms with van der Waals surface area (Å²) in [7, 11) is -3.42. The Morgan fingerprint density at radius 3 is 2.53 bits per heavy atom. The van der Waals surface area contributed by atoms with Crippen LogP contribution in [0.25, 0.3) is 0 Å². The van der Waals surface area contributed by atoms with Crippen molar-refractivity contribution in [3.8, 4) is 0 Å². The molecule has 0 aromatic rings. The standard InChI is InChI=1S/C10H20N2O4S/c13-9-10-3-1-2-4-12(10)17(14,15)11-5-7-16-8-6-11/h10,13H,1-9H2. The van der Waals surface area contributed by atoms with Crippen molar-refractivity contribution < 1.29 is 18.3 Å². The Kier molecular flexibility index (Phi) is 4.37. The summed E-state index contributed by atoms with van der Waals surface area (Å²) in [6, 6.07) is -0.253. The van der Waals surface area contributed by atoms with E-state index in [1.807, 2.05) is 0 Å². The van der Waals surface area contributed by atoms with E-state index in [-0.39, 0.29) is 12.6 Å². The van der Waals surface area contributed by atoms with Gasteiger partial charge in [0.2, 0.25) is 0 Å². The Hall–Kier alpha value is -0.210. The molecule has 17 heavy (non-hydrogen) atoms. The third kappa shape index (κ3) is 2.79. The number of piperidine rings is 1. The molecule has 0 radical (unpaired) electrons. The van der Waals surface area contributed by atoms with Crippen LogP contribution in [0.2, 0.25) is 0 Å². The molecule has 2 heterocycles. The molecule has 0 aliphatic carbocycles. The van der Waals surface area contributed by atoms with Crippen molar-refractivity contribution in [2.75, 3.05) is 39.5 Å². The maximum atomic E-state index is 12.4. The van der Waals surface area contributed by atoms with Crippen LogP contribution in [0.3, 0.4) is 0 Å². The van der Waals surface area contributed by atoms with Gasteiger partial charge in [0.15, 0.2) is 0 Å². The van der Waals surface area contributed by atoms with Crippen molar-refractivity contribution in [2.45, 2.75) is 25.3 Å². The highest BCUT2D eigenvalue weighted by Crippen LogP contribution is 2.22. The van der Waals surface area contributed by atoms with Gasteiger partial charge in [-0.2, -0.15) is 17.0 Å². The van der Waals surface area contributed by atoms with E-state index in [9.17, 15) is 13.5 Å². The Morgan fingerprint density at radius 2 is 1.88 bits per heavy atom. The van der Waals surface area contributed by atoms with Gasteiger partial charge in [0.05, 0.1) is 19.8 Å². The molecule has 2 aliphatic heterocycles. The quantitative estimate of drug-likeness (QED) is 0.740. The van der Waals surface area contributed by atoms with Crippen LogP contribution >= 0.6 is 0 Å². The van der Waals surface area contributed by atoms with Gasteiger partial charge >= 0.3 is 0 Å². The van der Waals surface area contributed by atoms with Gasteiger partial charge in [-0.1, -0.05) is 6.42 Å². The molecule has 0 aromatic heterocycles. The molecule has 2 fully saturated rings. The molecule has 2 saturated heterocycles. The first-order valence-electron chi connectivity index (χ1n) is 6.12. The second-order valence-corrected chi connectivity index (χ2v) is 6.34. The van der Waals surface area contributed by atoms with E-state index in [1.54, 1.807) is 0 Å². The van der Waals surface area contributed by atoms with Gasteiger partial charge in [-0.15, -0.1) is 0 Å². The summed E-state index contributed by atoms with van der Waals surface area (Å²) in [5.74, 6) is 0. The highest BCUT2D eigenvalue weighted by molar-refractivity contribution is 7.86. The van der Waals surface area contributed by atoms with Crippen LogP contribution in [0.1, 0.15) is 19.3 Å². The van der Waals surface area contributed by atoms with E-state index in [2.05, 4.69) is 0 Å². The van der Waals surface area contributed by atoms with E-state index in [1.165, 1.54) is 8.61 Å². The number of rotatable bonds is 3. The highest BCUT2D eigenvalue weighted by Gasteiger charge is 2.36. The largest absolute Gasteiger partial charge is 0.395 e. The molecule has 6 nitrogen and oxygen atoms in total. The van der Waals surface area contributed by atoms with E-state index in [0.717, 1.165) is 19.3 Å². The first-order valence-corrected chi connectivity index (χ1v) is 7.51. The molecule has 0 aromatic carbocycles. The third-order valence-corrected chi connectivity index (χ3v) is 5.47. The van der Waals surface area contributed by atoms with Crippen LogP contribution in [-0.2, 0) is 14.9 Å². The summed E-state index contributed by atoms with van der Waals surface area (Å²) in [5.41, 5.74) is 0. The number of hydrogen-bond acceptors (Lipinski definition) is 4. The molecule has 2 aliphatic rings. The van der Waals surface area contributed by atoms with Crippen molar-refractivity contribution >= 4 is 10.2 Å². The van der Waals surface area contributed by atoms with E-state index in [0.29, 0.717) is 32.8 Å². The predicted molar refractivity (Wildman–Crippen MR) is 62.7 cm³/mol. The second kappa shape index (κ2) is 5.62. The van der Waals surface area contributed by atoms with Gasteiger partial charge < -0.3 is 9.84 Å². The lowest BCUT2D eigenvalue weighted by atomic mass is 10.1. The normalized spacial score (nSPS) is 29.4. The smallest absolute Gasteiger partial charge is 0.282 e. The lowest BCUT2D eigenvalue weighted by molar-refractivity contribution is 0.0662. The molecular weight excluding hydrogens is 244 g/mol. The van der Waals surface area contributed by atoms with Crippen LogP contribution in [-0.4, -0.2) is 67.6 Å². The Bertz CT molecular complexity index is 340. The molecule has 1 N–H and O–H groups in total. The highest BCUT2D eigenvalue weighted by atomic mass is 32.2. The van der Waals surface area contributed by atoms with Gasteiger partial charge in [0, 0.05) is 25.7 Å². The summed E-state index contributed by atoms with van der Waals surface area (Å²) in [5, 5.41) is 9.27. The van der Waals surface area contributed by atoms with Crippen molar-refractivity contribution in [3.05, 3.63) is 0 Å². The predicted octanol–water partition coefficient (Wildman–Crippen LogP) is -0.590. The third-order valence-electron chi connectivity index (χ3n) is 3.38. The summed E-state index contributed by atoms with van der Waals surface area (Å²) in [4.78, 5) is 0. The molecule has 0 spiro atoms. The number of aliphatic hydroxyl groups excluding tert-OH is 1. The van der Waals surface area contributed by atoms with Crippen molar-refractivity contribution in [3.63, 3.8) is 0 Å². The van der Waals surface area contributed by atoms with Crippen molar-refractivity contribution in [2.24, 2.45) is 0 Å². The van der Waals surface area contributed by atoms with Crippen LogP contribution in [0.4, 0.5) is 0 Å². The van der Waals surface area contributed by atoms with Gasteiger partial charge in [-0.3, -0.25) is 0 Å². The molecule has 1 atom stereocenters.